The Kier molecular flexibility index (Phi) is 12.6. The molecule has 0 bridgehead atoms. The molecule has 9 heteroatoms. The average molecular weight is 638 g/mol. The molecule has 254 valence electrons. The van der Waals surface area contributed by atoms with Gasteiger partial charge in [0.25, 0.3) is 0 Å². The van der Waals surface area contributed by atoms with E-state index in [0.717, 1.165) is 16.7 Å². The molecule has 0 spiro atoms. The minimum atomic E-state index is -1.14. The van der Waals surface area contributed by atoms with Gasteiger partial charge in [-0.2, -0.15) is 0 Å². The third kappa shape index (κ3) is 11.8. The Hall–Kier alpha value is -3.88. The molecule has 0 aromatic heterocycles. The van der Waals surface area contributed by atoms with Gasteiger partial charge in [0.1, 0.15) is 29.3 Å². The van der Waals surface area contributed by atoms with Crippen molar-refractivity contribution in [3.8, 4) is 0 Å². The van der Waals surface area contributed by atoms with E-state index in [1.165, 1.54) is 4.90 Å². The molecule has 2 aromatic rings. The van der Waals surface area contributed by atoms with Crippen molar-refractivity contribution in [2.24, 2.45) is 5.92 Å². The van der Waals surface area contributed by atoms with Gasteiger partial charge in [-0.1, -0.05) is 73.5 Å². The van der Waals surface area contributed by atoms with Crippen LogP contribution in [0.2, 0.25) is 0 Å². The van der Waals surface area contributed by atoms with E-state index < -0.39 is 58.7 Å². The molecule has 0 radical (unpaired) electrons. The van der Waals surface area contributed by atoms with Crippen LogP contribution in [0.5, 0.6) is 0 Å². The van der Waals surface area contributed by atoms with Crippen LogP contribution >= 0.6 is 0 Å². The number of ether oxygens (including phenoxy) is 2. The molecule has 0 aliphatic carbocycles. The predicted octanol–water partition coefficient (Wildman–Crippen LogP) is 6.59. The minimum absolute atomic E-state index is 0.194. The number of nitrogens with zero attached hydrogens (tertiary/aromatic N) is 1. The van der Waals surface area contributed by atoms with Crippen LogP contribution in [0.3, 0.4) is 0 Å². The molecule has 0 aliphatic rings. The number of rotatable bonds is 10. The lowest BCUT2D eigenvalue weighted by Crippen LogP contribution is -2.60. The van der Waals surface area contributed by atoms with E-state index in [2.05, 4.69) is 10.6 Å². The number of carbonyl (C=O) groups is 4. The number of hydrogen-bond acceptors (Lipinski definition) is 6. The summed E-state index contributed by atoms with van der Waals surface area (Å²) in [4.78, 5) is 57.1. The van der Waals surface area contributed by atoms with Crippen LogP contribution in [0.1, 0.15) is 104 Å². The number of aryl methyl sites for hydroxylation is 2. The first kappa shape index (κ1) is 38.3. The van der Waals surface area contributed by atoms with Gasteiger partial charge < -0.3 is 25.0 Å². The van der Waals surface area contributed by atoms with Crippen molar-refractivity contribution in [1.82, 2.24) is 15.5 Å². The van der Waals surface area contributed by atoms with Gasteiger partial charge in [0.2, 0.25) is 11.8 Å². The monoisotopic (exact) mass is 637 g/mol. The van der Waals surface area contributed by atoms with Crippen molar-refractivity contribution in [2.45, 2.75) is 131 Å². The van der Waals surface area contributed by atoms with Crippen molar-refractivity contribution in [1.29, 1.82) is 0 Å². The molecule has 0 fully saturated rings. The van der Waals surface area contributed by atoms with Gasteiger partial charge in [0.05, 0.1) is 0 Å². The Balaban J connectivity index is 2.69. The Labute approximate surface area is 275 Å². The highest BCUT2D eigenvalue weighted by Crippen LogP contribution is 2.32. The first-order valence-corrected chi connectivity index (χ1v) is 16.0. The summed E-state index contributed by atoms with van der Waals surface area (Å²) in [6.07, 6.45) is -0.534. The van der Waals surface area contributed by atoms with E-state index in [1.807, 2.05) is 97.0 Å². The molecule has 46 heavy (non-hydrogen) atoms. The van der Waals surface area contributed by atoms with Crippen molar-refractivity contribution >= 4 is 23.9 Å². The summed E-state index contributed by atoms with van der Waals surface area (Å²) >= 11 is 0. The van der Waals surface area contributed by atoms with Crippen LogP contribution in [0.15, 0.2) is 48.5 Å². The fourth-order valence-electron chi connectivity index (χ4n) is 5.20. The Morgan fingerprint density at radius 2 is 1.28 bits per heavy atom. The highest BCUT2D eigenvalue weighted by molar-refractivity contribution is 5.94. The highest BCUT2D eigenvalue weighted by atomic mass is 16.6. The minimum Gasteiger partial charge on any atom is -0.458 e. The third-order valence-corrected chi connectivity index (χ3v) is 6.92. The van der Waals surface area contributed by atoms with Gasteiger partial charge in [-0.25, -0.2) is 9.59 Å². The summed E-state index contributed by atoms with van der Waals surface area (Å²) in [6, 6.07) is 11.9. The molecule has 2 rings (SSSR count). The fraction of sp³-hybridized carbons (Fsp3) is 0.568. The fourth-order valence-corrected chi connectivity index (χ4v) is 5.20. The quantitative estimate of drug-likeness (QED) is 0.284. The lowest BCUT2D eigenvalue weighted by Gasteiger charge is -2.44. The third-order valence-electron chi connectivity index (χ3n) is 6.92. The second-order valence-electron chi connectivity index (χ2n) is 15.4. The van der Waals surface area contributed by atoms with E-state index in [4.69, 9.17) is 9.47 Å². The van der Waals surface area contributed by atoms with E-state index >= 15 is 0 Å². The van der Waals surface area contributed by atoms with Crippen LogP contribution in [0, 0.1) is 19.8 Å². The molecule has 9 nitrogen and oxygen atoms in total. The maximum Gasteiger partial charge on any atom is 0.408 e. The first-order valence-electron chi connectivity index (χ1n) is 16.0. The number of hydrogen-bond donors (Lipinski definition) is 2. The highest BCUT2D eigenvalue weighted by Gasteiger charge is 2.44. The lowest BCUT2D eigenvalue weighted by atomic mass is 9.91. The largest absolute Gasteiger partial charge is 0.458 e. The molecule has 0 heterocycles. The van der Waals surface area contributed by atoms with Crippen LogP contribution in [0.25, 0.3) is 0 Å². The molecule has 3 amide bonds. The molecular weight excluding hydrogens is 582 g/mol. The van der Waals surface area contributed by atoms with Crippen molar-refractivity contribution in [3.05, 3.63) is 70.8 Å². The van der Waals surface area contributed by atoms with Gasteiger partial charge in [-0.3, -0.25) is 9.59 Å². The Morgan fingerprint density at radius 1 is 0.761 bits per heavy atom. The van der Waals surface area contributed by atoms with Crippen LogP contribution < -0.4 is 10.6 Å². The zero-order valence-electron chi connectivity index (χ0n) is 30.0. The van der Waals surface area contributed by atoms with Crippen LogP contribution in [-0.4, -0.2) is 57.6 Å². The normalized spacial score (nSPS) is 14.1. The predicted molar refractivity (Wildman–Crippen MR) is 181 cm³/mol. The summed E-state index contributed by atoms with van der Waals surface area (Å²) in [5, 5.41) is 5.71. The van der Waals surface area contributed by atoms with Crippen molar-refractivity contribution in [2.75, 3.05) is 0 Å². The topological polar surface area (TPSA) is 114 Å². The van der Waals surface area contributed by atoms with Crippen molar-refractivity contribution in [3.63, 3.8) is 0 Å². The molecule has 3 unspecified atom stereocenters. The second-order valence-corrected chi connectivity index (χ2v) is 15.4. The molecule has 0 saturated carbocycles. The number of carbonyl (C=O) groups excluding carboxylic acids is 4. The Bertz CT molecular complexity index is 1350. The second kappa shape index (κ2) is 15.1. The molecular formula is C37H55N3O6. The summed E-state index contributed by atoms with van der Waals surface area (Å²) in [5.74, 6) is -1.91. The molecule has 2 N–H and O–H groups in total. The van der Waals surface area contributed by atoms with Crippen LogP contribution in [-0.2, 0) is 30.3 Å². The maximum absolute atomic E-state index is 14.6. The SMILES string of the molecule is Cc1cc(C)cc(C(C(=O)NC(Cc2ccccc2)C(=O)OC(C)(C)C)N(C(=O)C(NC(=O)OC(C)(C)C)C(C)C)C(C)(C)C)c1. The van der Waals surface area contributed by atoms with Gasteiger partial charge in [-0.05, 0) is 93.2 Å². The molecule has 3 atom stereocenters. The number of amides is 3. The van der Waals surface area contributed by atoms with E-state index in [-0.39, 0.29) is 12.3 Å². The zero-order valence-corrected chi connectivity index (χ0v) is 30.0. The summed E-state index contributed by atoms with van der Waals surface area (Å²) in [5.41, 5.74) is 0.807. The van der Waals surface area contributed by atoms with Gasteiger partial charge in [-0.15, -0.1) is 0 Å². The lowest BCUT2D eigenvalue weighted by molar-refractivity contribution is -0.159. The standard InChI is InChI=1S/C37H55N3O6/c1-23(2)29(39-34(44)46-37(11,12)13)32(42)40(35(5,6)7)30(27-20-24(3)19-25(4)21-27)31(41)38-28(33(43)45-36(8,9)10)22-26-17-15-14-16-18-26/h14-21,23,28-30H,22H2,1-13H3,(H,38,41)(H,39,44). The number of alkyl carbamates (subject to hydrolysis) is 1. The molecule has 0 saturated heterocycles. The maximum atomic E-state index is 14.6. The smallest absolute Gasteiger partial charge is 0.408 e. The van der Waals surface area contributed by atoms with Crippen LogP contribution in [0.4, 0.5) is 4.79 Å². The zero-order chi connectivity index (χ0) is 35.2. The summed E-state index contributed by atoms with van der Waals surface area (Å²) in [7, 11) is 0. The average Bonchev–Trinajstić information content (AvgIpc) is 2.86. The van der Waals surface area contributed by atoms with Crippen molar-refractivity contribution < 1.29 is 28.7 Å². The van der Waals surface area contributed by atoms with Gasteiger partial charge >= 0.3 is 12.1 Å². The summed E-state index contributed by atoms with van der Waals surface area (Å²) in [6.45, 7) is 23.6. The number of nitrogens with one attached hydrogen (secondary N) is 2. The Morgan fingerprint density at radius 3 is 1.74 bits per heavy atom. The number of benzene rings is 2. The summed E-state index contributed by atoms with van der Waals surface area (Å²) < 4.78 is 11.2. The van der Waals surface area contributed by atoms with Gasteiger partial charge in [0.15, 0.2) is 0 Å². The molecule has 0 aliphatic heterocycles. The first-order chi connectivity index (χ1) is 21.0. The van der Waals surface area contributed by atoms with E-state index in [1.54, 1.807) is 41.5 Å². The molecule has 2 aromatic carbocycles. The van der Waals surface area contributed by atoms with E-state index in [0.29, 0.717) is 5.56 Å². The van der Waals surface area contributed by atoms with Gasteiger partial charge in [0, 0.05) is 12.0 Å². The van der Waals surface area contributed by atoms with E-state index in [9.17, 15) is 19.2 Å². The number of esters is 1.